The molecule has 5 nitrogen and oxygen atoms in total. The first kappa shape index (κ1) is 14.4. The lowest BCUT2D eigenvalue weighted by molar-refractivity contribution is 0.176. The molecule has 1 aliphatic rings. The van der Waals surface area contributed by atoms with Crippen LogP contribution in [0.1, 0.15) is 6.92 Å². The van der Waals surface area contributed by atoms with Crippen LogP contribution < -0.4 is 4.90 Å². The van der Waals surface area contributed by atoms with Gasteiger partial charge in [0.15, 0.2) is 0 Å². The van der Waals surface area contributed by atoms with E-state index in [1.165, 1.54) is 0 Å². The van der Waals surface area contributed by atoms with E-state index in [2.05, 4.69) is 26.8 Å². The van der Waals surface area contributed by atoms with Crippen LogP contribution in [0.15, 0.2) is 36.8 Å². The maximum absolute atomic E-state index is 6.22. The highest BCUT2D eigenvalue weighted by molar-refractivity contribution is 6.32. The summed E-state index contributed by atoms with van der Waals surface area (Å²) < 4.78 is 1.99. The van der Waals surface area contributed by atoms with Crippen molar-refractivity contribution in [1.82, 2.24) is 19.7 Å². The maximum Gasteiger partial charge on any atom is 0.147 e. The van der Waals surface area contributed by atoms with Crippen molar-refractivity contribution in [3.05, 3.63) is 41.8 Å². The Morgan fingerprint density at radius 2 is 2.00 bits per heavy atom. The largest absolute Gasteiger partial charge is 0.353 e. The van der Waals surface area contributed by atoms with Gasteiger partial charge in [-0.25, -0.2) is 4.98 Å². The summed E-state index contributed by atoms with van der Waals surface area (Å²) in [5.41, 5.74) is 0. The molecule has 3 heterocycles. The summed E-state index contributed by atoms with van der Waals surface area (Å²) in [4.78, 5) is 9.15. The third-order valence-electron chi connectivity index (χ3n) is 3.99. The molecule has 1 aliphatic heterocycles. The predicted molar refractivity (Wildman–Crippen MR) is 84.7 cm³/mol. The van der Waals surface area contributed by atoms with E-state index in [-0.39, 0.29) is 0 Å². The van der Waals surface area contributed by atoms with Crippen LogP contribution in [0, 0.1) is 0 Å². The Bertz CT molecular complexity index is 563. The van der Waals surface area contributed by atoms with Crippen molar-refractivity contribution in [3.8, 4) is 0 Å². The third-order valence-corrected chi connectivity index (χ3v) is 4.28. The summed E-state index contributed by atoms with van der Waals surface area (Å²) in [6.45, 7) is 7.15. The minimum atomic E-state index is 0.478. The minimum Gasteiger partial charge on any atom is -0.353 e. The summed E-state index contributed by atoms with van der Waals surface area (Å²) in [6, 6.07) is 6.21. The highest BCUT2D eigenvalue weighted by Gasteiger charge is 2.23. The van der Waals surface area contributed by atoms with Crippen LogP contribution in [0.3, 0.4) is 0 Å². The van der Waals surface area contributed by atoms with Crippen LogP contribution in [0.5, 0.6) is 0 Å². The molecule has 0 radical (unpaired) electrons. The maximum atomic E-state index is 6.22. The third kappa shape index (κ3) is 3.36. The van der Waals surface area contributed by atoms with E-state index >= 15 is 0 Å². The Morgan fingerprint density at radius 3 is 2.67 bits per heavy atom. The summed E-state index contributed by atoms with van der Waals surface area (Å²) in [6.07, 6.45) is 5.64. The van der Waals surface area contributed by atoms with Gasteiger partial charge >= 0.3 is 0 Å². The van der Waals surface area contributed by atoms with Gasteiger partial charge in [-0.1, -0.05) is 11.6 Å². The molecule has 0 amide bonds. The summed E-state index contributed by atoms with van der Waals surface area (Å²) in [5, 5.41) is 5.01. The van der Waals surface area contributed by atoms with Gasteiger partial charge < -0.3 is 4.90 Å². The SMILES string of the molecule is C[C@@H](Cn1cccn1)N1CCN(c2ncccc2Cl)CC1. The van der Waals surface area contributed by atoms with Crippen molar-refractivity contribution in [2.24, 2.45) is 0 Å². The van der Waals surface area contributed by atoms with Gasteiger partial charge in [0.1, 0.15) is 5.82 Å². The molecule has 2 aromatic rings. The molecule has 0 saturated carbocycles. The molecule has 0 aromatic carbocycles. The summed E-state index contributed by atoms with van der Waals surface area (Å²) in [5.74, 6) is 0.901. The van der Waals surface area contributed by atoms with Crippen LogP contribution >= 0.6 is 11.6 Å². The Hall–Kier alpha value is -1.59. The van der Waals surface area contributed by atoms with Crippen molar-refractivity contribution in [3.63, 3.8) is 0 Å². The second-order valence-electron chi connectivity index (χ2n) is 5.41. The number of pyridine rings is 1. The second-order valence-corrected chi connectivity index (χ2v) is 5.82. The minimum absolute atomic E-state index is 0.478. The Balaban J connectivity index is 1.56. The molecule has 0 spiro atoms. The van der Waals surface area contributed by atoms with Crippen LogP contribution in [-0.2, 0) is 6.54 Å². The van der Waals surface area contributed by atoms with E-state index < -0.39 is 0 Å². The van der Waals surface area contributed by atoms with Gasteiger partial charge in [-0.2, -0.15) is 5.10 Å². The lowest BCUT2D eigenvalue weighted by atomic mass is 10.2. The molecule has 21 heavy (non-hydrogen) atoms. The van der Waals surface area contributed by atoms with Crippen LogP contribution in [0.4, 0.5) is 5.82 Å². The highest BCUT2D eigenvalue weighted by atomic mass is 35.5. The number of aromatic nitrogens is 3. The zero-order valence-electron chi connectivity index (χ0n) is 12.2. The lowest BCUT2D eigenvalue weighted by Gasteiger charge is -2.38. The van der Waals surface area contributed by atoms with Crippen molar-refractivity contribution >= 4 is 17.4 Å². The zero-order valence-corrected chi connectivity index (χ0v) is 12.9. The first-order chi connectivity index (χ1) is 10.2. The fourth-order valence-electron chi connectivity index (χ4n) is 2.78. The van der Waals surface area contributed by atoms with Crippen LogP contribution in [0.2, 0.25) is 5.02 Å². The lowest BCUT2D eigenvalue weighted by Crippen LogP contribution is -2.50. The van der Waals surface area contributed by atoms with E-state index in [0.717, 1.165) is 43.6 Å². The number of hydrogen-bond acceptors (Lipinski definition) is 4. The van der Waals surface area contributed by atoms with E-state index in [1.54, 1.807) is 6.20 Å². The molecule has 2 aromatic heterocycles. The Morgan fingerprint density at radius 1 is 1.19 bits per heavy atom. The molecule has 0 N–H and O–H groups in total. The smallest absolute Gasteiger partial charge is 0.147 e. The van der Waals surface area contributed by atoms with Gasteiger partial charge in [-0.05, 0) is 25.1 Å². The predicted octanol–water partition coefficient (Wildman–Crippen LogP) is 2.14. The topological polar surface area (TPSA) is 37.2 Å². The molecule has 1 fully saturated rings. The van der Waals surface area contributed by atoms with Gasteiger partial charge in [0, 0.05) is 50.8 Å². The number of anilines is 1. The Labute approximate surface area is 130 Å². The van der Waals surface area contributed by atoms with Crippen molar-refractivity contribution in [2.75, 3.05) is 31.1 Å². The normalized spacial score (nSPS) is 17.9. The zero-order chi connectivity index (χ0) is 14.7. The molecule has 0 unspecified atom stereocenters. The number of rotatable bonds is 4. The average molecular weight is 306 g/mol. The van der Waals surface area contributed by atoms with E-state index in [0.29, 0.717) is 6.04 Å². The molecule has 112 valence electrons. The van der Waals surface area contributed by atoms with Crippen molar-refractivity contribution in [2.45, 2.75) is 19.5 Å². The summed E-state index contributed by atoms with van der Waals surface area (Å²) in [7, 11) is 0. The number of hydrogen-bond donors (Lipinski definition) is 0. The van der Waals surface area contributed by atoms with E-state index in [1.807, 2.05) is 35.3 Å². The summed E-state index contributed by atoms with van der Waals surface area (Å²) >= 11 is 6.22. The van der Waals surface area contributed by atoms with E-state index in [9.17, 15) is 0 Å². The molecule has 0 aliphatic carbocycles. The Kier molecular flexibility index (Phi) is 4.41. The standard InChI is InChI=1S/C15H20ClN5/c1-13(12-21-7-3-6-18-21)19-8-10-20(11-9-19)15-14(16)4-2-5-17-15/h2-7,13H,8-12H2,1H3/t13-/m0/s1. The monoisotopic (exact) mass is 305 g/mol. The fraction of sp³-hybridized carbons (Fsp3) is 0.467. The van der Waals surface area contributed by atoms with Gasteiger partial charge in [0.2, 0.25) is 0 Å². The van der Waals surface area contributed by atoms with Crippen molar-refractivity contribution in [1.29, 1.82) is 0 Å². The highest BCUT2D eigenvalue weighted by Crippen LogP contribution is 2.23. The number of nitrogens with zero attached hydrogens (tertiary/aromatic N) is 5. The van der Waals surface area contributed by atoms with Crippen LogP contribution in [-0.4, -0.2) is 51.9 Å². The van der Waals surface area contributed by atoms with Gasteiger partial charge in [0.05, 0.1) is 11.6 Å². The van der Waals surface area contributed by atoms with Crippen LogP contribution in [0.25, 0.3) is 0 Å². The first-order valence-electron chi connectivity index (χ1n) is 7.31. The molecular formula is C15H20ClN5. The van der Waals surface area contributed by atoms with Gasteiger partial charge in [-0.3, -0.25) is 9.58 Å². The fourth-order valence-corrected chi connectivity index (χ4v) is 3.02. The average Bonchev–Trinajstić information content (AvgIpc) is 3.01. The quantitative estimate of drug-likeness (QED) is 0.867. The number of halogens is 1. The number of piperazine rings is 1. The molecule has 6 heteroatoms. The van der Waals surface area contributed by atoms with Crippen molar-refractivity contribution < 1.29 is 0 Å². The second kappa shape index (κ2) is 6.45. The van der Waals surface area contributed by atoms with Gasteiger partial charge in [-0.15, -0.1) is 0 Å². The first-order valence-corrected chi connectivity index (χ1v) is 7.69. The molecule has 3 rings (SSSR count). The molecule has 1 saturated heterocycles. The van der Waals surface area contributed by atoms with Gasteiger partial charge in [0.25, 0.3) is 0 Å². The molecular weight excluding hydrogens is 286 g/mol. The van der Waals surface area contributed by atoms with E-state index in [4.69, 9.17) is 11.6 Å². The molecule has 0 bridgehead atoms. The molecule has 1 atom stereocenters.